The van der Waals surface area contributed by atoms with Gasteiger partial charge in [-0.1, -0.05) is 30.3 Å². The molecule has 1 heterocycles. The number of aliphatic hydroxyl groups is 1. The molecule has 1 amide bonds. The summed E-state index contributed by atoms with van der Waals surface area (Å²) >= 11 is 0. The minimum absolute atomic E-state index is 0.123. The minimum atomic E-state index is -0.647. The normalized spacial score (nSPS) is 15.3. The Bertz CT molecular complexity index is 1190. The Labute approximate surface area is 187 Å². The van der Waals surface area contributed by atoms with Gasteiger partial charge in [-0.25, -0.2) is 4.79 Å². The third-order valence-electron chi connectivity index (χ3n) is 5.42. The van der Waals surface area contributed by atoms with E-state index in [0.29, 0.717) is 30.2 Å². The van der Waals surface area contributed by atoms with Crippen LogP contribution in [0.1, 0.15) is 43.4 Å². The molecule has 32 heavy (non-hydrogen) atoms. The molecule has 3 aromatic carbocycles. The van der Waals surface area contributed by atoms with E-state index in [9.17, 15) is 15.2 Å². The molecule has 0 saturated heterocycles. The first-order chi connectivity index (χ1) is 15.3. The lowest BCUT2D eigenvalue weighted by Crippen LogP contribution is -2.36. The van der Waals surface area contributed by atoms with Gasteiger partial charge in [-0.3, -0.25) is 4.90 Å². The predicted octanol–water partition coefficient (Wildman–Crippen LogP) is 5.12. The lowest BCUT2D eigenvalue weighted by atomic mass is 9.93. The number of aliphatic hydroxyl groups excluding tert-OH is 1. The van der Waals surface area contributed by atoms with Gasteiger partial charge in [-0.2, -0.15) is 5.26 Å². The molecule has 3 aromatic rings. The number of nitrogens with zero attached hydrogens (tertiary/aromatic N) is 2. The summed E-state index contributed by atoms with van der Waals surface area (Å²) in [7, 11) is 0. The van der Waals surface area contributed by atoms with Crippen molar-refractivity contribution in [3.63, 3.8) is 0 Å². The van der Waals surface area contributed by atoms with Crippen LogP contribution in [0.4, 0.5) is 10.5 Å². The van der Waals surface area contributed by atoms with Crippen LogP contribution in [-0.2, 0) is 11.3 Å². The number of rotatable bonds is 4. The summed E-state index contributed by atoms with van der Waals surface area (Å²) < 4.78 is 11.8. The lowest BCUT2D eigenvalue weighted by molar-refractivity contribution is 0.0581. The first kappa shape index (κ1) is 21.7. The molecule has 0 spiro atoms. The zero-order valence-electron chi connectivity index (χ0n) is 18.5. The fourth-order valence-electron chi connectivity index (χ4n) is 4.03. The summed E-state index contributed by atoms with van der Waals surface area (Å²) in [5.41, 5.74) is 2.35. The van der Waals surface area contributed by atoms with E-state index >= 15 is 0 Å². The number of anilines is 1. The zero-order chi connectivity index (χ0) is 22.9. The number of ether oxygens (including phenoxy) is 2. The van der Waals surface area contributed by atoms with E-state index in [4.69, 9.17) is 9.47 Å². The summed E-state index contributed by atoms with van der Waals surface area (Å²) in [5, 5.41) is 21.2. The van der Waals surface area contributed by atoms with Gasteiger partial charge in [0.1, 0.15) is 18.0 Å². The van der Waals surface area contributed by atoms with Gasteiger partial charge in [0.05, 0.1) is 23.9 Å². The Morgan fingerprint density at radius 1 is 1.16 bits per heavy atom. The van der Waals surface area contributed by atoms with Crippen LogP contribution < -0.4 is 9.64 Å². The summed E-state index contributed by atoms with van der Waals surface area (Å²) in [6.45, 7) is 6.00. The topological polar surface area (TPSA) is 82.8 Å². The first-order valence-electron chi connectivity index (χ1n) is 10.6. The molecule has 0 aliphatic carbocycles. The van der Waals surface area contributed by atoms with Crippen LogP contribution in [-0.4, -0.2) is 30.0 Å². The molecular weight excluding hydrogens is 404 g/mol. The third-order valence-corrected chi connectivity index (χ3v) is 5.42. The van der Waals surface area contributed by atoms with E-state index in [1.807, 2.05) is 63.2 Å². The average Bonchev–Trinajstić information content (AvgIpc) is 3.15. The Morgan fingerprint density at radius 3 is 2.56 bits per heavy atom. The monoisotopic (exact) mass is 430 g/mol. The number of amides is 1. The van der Waals surface area contributed by atoms with Crippen LogP contribution in [0.3, 0.4) is 0 Å². The lowest BCUT2D eigenvalue weighted by Gasteiger charge is -2.25. The Hall–Kier alpha value is -3.56. The van der Waals surface area contributed by atoms with Crippen molar-refractivity contribution in [2.24, 2.45) is 0 Å². The number of benzene rings is 3. The molecule has 164 valence electrons. The number of carbonyl (C=O) groups excluding carboxylic acids is 1. The number of hydrogen-bond acceptors (Lipinski definition) is 5. The van der Waals surface area contributed by atoms with Crippen molar-refractivity contribution in [3.8, 4) is 11.8 Å². The molecule has 1 aliphatic heterocycles. The smallest absolute Gasteiger partial charge is 0.414 e. The summed E-state index contributed by atoms with van der Waals surface area (Å²) in [6, 6.07) is 19.2. The highest BCUT2D eigenvalue weighted by Gasteiger charge is 2.37. The highest BCUT2D eigenvalue weighted by Crippen LogP contribution is 2.45. The van der Waals surface area contributed by atoms with Crippen molar-refractivity contribution in [3.05, 3.63) is 71.3 Å². The molecule has 1 N–H and O–H groups in total. The summed E-state index contributed by atoms with van der Waals surface area (Å²) in [5.74, 6) is 0.330. The quantitative estimate of drug-likeness (QED) is 0.621. The molecule has 1 atom stereocenters. The van der Waals surface area contributed by atoms with Crippen LogP contribution in [0.25, 0.3) is 10.8 Å². The molecule has 0 saturated carbocycles. The van der Waals surface area contributed by atoms with Crippen LogP contribution in [0.15, 0.2) is 54.6 Å². The van der Waals surface area contributed by atoms with Crippen molar-refractivity contribution >= 4 is 22.6 Å². The maximum atomic E-state index is 13.0. The summed E-state index contributed by atoms with van der Waals surface area (Å²) in [4.78, 5) is 14.5. The van der Waals surface area contributed by atoms with E-state index < -0.39 is 11.7 Å². The van der Waals surface area contributed by atoms with Gasteiger partial charge in [-0.15, -0.1) is 0 Å². The zero-order valence-corrected chi connectivity index (χ0v) is 18.5. The van der Waals surface area contributed by atoms with Gasteiger partial charge < -0.3 is 14.6 Å². The fraction of sp³-hybridized carbons (Fsp3) is 0.308. The molecular formula is C26H26N2O4. The maximum Gasteiger partial charge on any atom is 0.414 e. The second kappa shape index (κ2) is 8.52. The molecule has 4 rings (SSSR count). The van der Waals surface area contributed by atoms with Crippen molar-refractivity contribution in [1.29, 1.82) is 5.26 Å². The number of carbonyl (C=O) groups is 1. The Balaban J connectivity index is 1.83. The van der Waals surface area contributed by atoms with Crippen LogP contribution >= 0.6 is 0 Å². The Morgan fingerprint density at radius 2 is 1.91 bits per heavy atom. The Kier molecular flexibility index (Phi) is 5.77. The predicted molar refractivity (Wildman–Crippen MR) is 123 cm³/mol. The van der Waals surface area contributed by atoms with E-state index in [1.54, 1.807) is 17.0 Å². The highest BCUT2D eigenvalue weighted by molar-refractivity contribution is 6.02. The standard InChI is InChI=1S/C26H26N2O4/c1-26(2,3)32-25(30)28-14-19(15-29)24-21-11-18(13-27)9-10-20(21)23(12-22(24)28)31-16-17-7-5-4-6-8-17/h4-12,19,29H,14-16H2,1-3H3. The largest absolute Gasteiger partial charge is 0.488 e. The fourth-order valence-corrected chi connectivity index (χ4v) is 4.03. The average molecular weight is 431 g/mol. The second-order valence-corrected chi connectivity index (χ2v) is 8.92. The van der Waals surface area contributed by atoms with Crippen molar-refractivity contribution in [2.75, 3.05) is 18.1 Å². The van der Waals surface area contributed by atoms with Gasteiger partial charge in [0.2, 0.25) is 0 Å². The number of hydrogen-bond donors (Lipinski definition) is 1. The molecule has 0 aromatic heterocycles. The van der Waals surface area contributed by atoms with Gasteiger partial charge in [0, 0.05) is 23.9 Å². The van der Waals surface area contributed by atoms with Gasteiger partial charge in [-0.05, 0) is 55.5 Å². The highest BCUT2D eigenvalue weighted by atomic mass is 16.6. The van der Waals surface area contributed by atoms with E-state index in [0.717, 1.165) is 21.9 Å². The van der Waals surface area contributed by atoms with Crippen molar-refractivity contribution < 1.29 is 19.4 Å². The molecule has 0 fully saturated rings. The van der Waals surface area contributed by atoms with Crippen molar-refractivity contribution in [1.82, 2.24) is 0 Å². The van der Waals surface area contributed by atoms with E-state index in [1.165, 1.54) is 0 Å². The van der Waals surface area contributed by atoms with Gasteiger partial charge >= 0.3 is 6.09 Å². The van der Waals surface area contributed by atoms with E-state index in [-0.39, 0.29) is 12.5 Å². The maximum absolute atomic E-state index is 13.0. The van der Waals surface area contributed by atoms with Gasteiger partial charge in [0.25, 0.3) is 0 Å². The van der Waals surface area contributed by atoms with E-state index in [2.05, 4.69) is 6.07 Å². The number of fused-ring (bicyclic) bond motifs is 3. The molecule has 6 nitrogen and oxygen atoms in total. The molecule has 1 unspecified atom stereocenters. The van der Waals surface area contributed by atoms with Crippen LogP contribution in [0.2, 0.25) is 0 Å². The molecule has 1 aliphatic rings. The molecule has 6 heteroatoms. The summed E-state index contributed by atoms with van der Waals surface area (Å²) in [6.07, 6.45) is -0.473. The van der Waals surface area contributed by atoms with Crippen molar-refractivity contribution in [2.45, 2.75) is 38.9 Å². The minimum Gasteiger partial charge on any atom is -0.488 e. The number of nitriles is 1. The SMILES string of the molecule is CC(C)(C)OC(=O)N1CC(CO)c2c1cc(OCc1ccccc1)c1ccc(C#N)cc21. The second-order valence-electron chi connectivity index (χ2n) is 8.92. The molecule has 0 radical (unpaired) electrons. The first-order valence-corrected chi connectivity index (χ1v) is 10.6. The molecule has 0 bridgehead atoms. The van der Waals surface area contributed by atoms with Crippen LogP contribution in [0, 0.1) is 11.3 Å². The van der Waals surface area contributed by atoms with Crippen LogP contribution in [0.5, 0.6) is 5.75 Å². The van der Waals surface area contributed by atoms with Gasteiger partial charge in [0.15, 0.2) is 0 Å². The third kappa shape index (κ3) is 4.25.